The highest BCUT2D eigenvalue weighted by atomic mass is 16.5. The van der Waals surface area contributed by atoms with Crippen molar-refractivity contribution in [2.45, 2.75) is 26.9 Å². The van der Waals surface area contributed by atoms with Crippen molar-refractivity contribution in [1.29, 1.82) is 0 Å². The Bertz CT molecular complexity index is 811. The number of phenolic OH excluding ortho intramolecular Hbond substituents is 1. The largest absolute Gasteiger partial charge is 0.508 e. The second-order valence-electron chi connectivity index (χ2n) is 5.67. The summed E-state index contributed by atoms with van der Waals surface area (Å²) in [5, 5.41) is 12.3. The van der Waals surface area contributed by atoms with E-state index in [2.05, 4.69) is 5.32 Å². The van der Waals surface area contributed by atoms with Crippen molar-refractivity contribution < 1.29 is 24.2 Å². The molecule has 0 bridgehead atoms. The molecule has 0 saturated carbocycles. The predicted octanol–water partition coefficient (Wildman–Crippen LogP) is 3.09. The maximum Gasteiger partial charge on any atom is 0.338 e. The molecule has 6 nitrogen and oxygen atoms in total. The summed E-state index contributed by atoms with van der Waals surface area (Å²) in [5.74, 6) is -1.27. The fourth-order valence-electron chi connectivity index (χ4n) is 2.17. The van der Waals surface area contributed by atoms with E-state index in [0.717, 1.165) is 0 Å². The molecular weight excluding hydrogens is 322 g/mol. The molecule has 0 aromatic heterocycles. The number of hydrogen-bond acceptors (Lipinski definition) is 5. The third-order valence-electron chi connectivity index (χ3n) is 3.59. The van der Waals surface area contributed by atoms with Gasteiger partial charge in [0.2, 0.25) is 11.7 Å². The van der Waals surface area contributed by atoms with Crippen LogP contribution in [0.4, 0.5) is 5.69 Å². The molecule has 2 N–H and O–H groups in total. The average Bonchev–Trinajstić information content (AvgIpc) is 2.56. The van der Waals surface area contributed by atoms with Crippen LogP contribution in [0.3, 0.4) is 0 Å². The van der Waals surface area contributed by atoms with E-state index in [1.807, 2.05) is 0 Å². The molecule has 0 aliphatic heterocycles. The van der Waals surface area contributed by atoms with Gasteiger partial charge in [0.25, 0.3) is 0 Å². The molecule has 1 amide bonds. The number of esters is 1. The van der Waals surface area contributed by atoms with E-state index in [-0.39, 0.29) is 23.0 Å². The maximum absolute atomic E-state index is 12.4. The monoisotopic (exact) mass is 341 g/mol. The zero-order chi connectivity index (χ0) is 18.6. The van der Waals surface area contributed by atoms with Crippen molar-refractivity contribution in [3.05, 3.63) is 59.2 Å². The van der Waals surface area contributed by atoms with Crippen molar-refractivity contribution >= 4 is 23.3 Å². The number of benzene rings is 2. The van der Waals surface area contributed by atoms with Gasteiger partial charge >= 0.3 is 5.97 Å². The number of hydrogen-bond donors (Lipinski definition) is 2. The smallest absolute Gasteiger partial charge is 0.338 e. The zero-order valence-electron chi connectivity index (χ0n) is 14.2. The molecule has 2 aromatic carbocycles. The first-order valence-corrected chi connectivity index (χ1v) is 7.70. The fraction of sp³-hybridized carbons (Fsp3) is 0.211. The van der Waals surface area contributed by atoms with Gasteiger partial charge in [-0.15, -0.1) is 0 Å². The van der Waals surface area contributed by atoms with Crippen molar-refractivity contribution in [3.63, 3.8) is 0 Å². The van der Waals surface area contributed by atoms with Crippen LogP contribution in [0.2, 0.25) is 0 Å². The lowest BCUT2D eigenvalue weighted by Crippen LogP contribution is -2.24. The third kappa shape index (κ3) is 4.67. The molecule has 0 saturated heterocycles. The molecule has 0 heterocycles. The summed E-state index contributed by atoms with van der Waals surface area (Å²) in [4.78, 5) is 35.4. The lowest BCUT2D eigenvalue weighted by molar-refractivity contribution is -0.114. The number of amides is 1. The van der Waals surface area contributed by atoms with E-state index in [1.54, 1.807) is 37.3 Å². The standard InChI is InChI=1S/C19H19NO5/c1-11-4-5-15(10-17(11)22)19(24)25-12(2)18(23)14-6-8-16(9-7-14)20-13(3)21/h4-10,12,22H,1-3H3,(H,20,21). The van der Waals surface area contributed by atoms with Crippen LogP contribution in [0.5, 0.6) is 5.75 Å². The van der Waals surface area contributed by atoms with Crippen molar-refractivity contribution in [1.82, 2.24) is 0 Å². The van der Waals surface area contributed by atoms with Crippen LogP contribution in [-0.2, 0) is 9.53 Å². The topological polar surface area (TPSA) is 92.7 Å². The molecule has 1 unspecified atom stereocenters. The number of nitrogens with one attached hydrogen (secondary N) is 1. The fourth-order valence-corrected chi connectivity index (χ4v) is 2.17. The summed E-state index contributed by atoms with van der Waals surface area (Å²) in [6.07, 6.45) is -0.984. The normalized spacial score (nSPS) is 11.5. The number of phenols is 1. The molecule has 2 aromatic rings. The highest BCUT2D eigenvalue weighted by Gasteiger charge is 2.21. The van der Waals surface area contributed by atoms with Crippen molar-refractivity contribution in [2.24, 2.45) is 0 Å². The Kier molecular flexibility index (Phi) is 5.54. The SMILES string of the molecule is CC(=O)Nc1ccc(C(=O)C(C)OC(=O)c2ccc(C)c(O)c2)cc1. The van der Waals surface area contributed by atoms with Crippen molar-refractivity contribution in [3.8, 4) is 5.75 Å². The summed E-state index contributed by atoms with van der Waals surface area (Å²) in [6.45, 7) is 4.58. The quantitative estimate of drug-likeness (QED) is 0.644. The van der Waals surface area contributed by atoms with E-state index >= 15 is 0 Å². The Balaban J connectivity index is 2.05. The minimum absolute atomic E-state index is 0.0120. The molecule has 2 rings (SSSR count). The first-order chi connectivity index (χ1) is 11.8. The van der Waals surface area contributed by atoms with Crippen LogP contribution in [0.15, 0.2) is 42.5 Å². The number of Topliss-reactive ketones (excluding diaryl/α,β-unsaturated/α-hetero) is 1. The number of carbonyl (C=O) groups excluding carboxylic acids is 3. The third-order valence-corrected chi connectivity index (χ3v) is 3.59. The van der Waals surface area contributed by atoms with Gasteiger partial charge in [0, 0.05) is 18.2 Å². The molecule has 0 fully saturated rings. The van der Waals surface area contributed by atoms with Gasteiger partial charge in [0.15, 0.2) is 6.10 Å². The first-order valence-electron chi connectivity index (χ1n) is 7.70. The van der Waals surface area contributed by atoms with Gasteiger partial charge in [-0.25, -0.2) is 4.79 Å². The summed E-state index contributed by atoms with van der Waals surface area (Å²) in [7, 11) is 0. The van der Waals surface area contributed by atoms with Crippen LogP contribution in [0.25, 0.3) is 0 Å². The Labute approximate surface area is 145 Å². The number of carbonyl (C=O) groups is 3. The molecule has 6 heteroatoms. The number of aryl methyl sites for hydroxylation is 1. The Morgan fingerprint density at radius 2 is 1.64 bits per heavy atom. The molecule has 1 atom stereocenters. The Morgan fingerprint density at radius 1 is 1.04 bits per heavy atom. The summed E-state index contributed by atoms with van der Waals surface area (Å²) >= 11 is 0. The number of anilines is 1. The predicted molar refractivity (Wildman–Crippen MR) is 92.8 cm³/mol. The summed E-state index contributed by atoms with van der Waals surface area (Å²) < 4.78 is 5.17. The van der Waals surface area contributed by atoms with Crippen LogP contribution in [0, 0.1) is 6.92 Å². The van der Waals surface area contributed by atoms with Gasteiger partial charge in [0.05, 0.1) is 5.56 Å². The molecule has 0 aliphatic rings. The van der Waals surface area contributed by atoms with Gasteiger partial charge in [0.1, 0.15) is 5.75 Å². The molecular formula is C19H19NO5. The minimum Gasteiger partial charge on any atom is -0.508 e. The van der Waals surface area contributed by atoms with E-state index in [9.17, 15) is 19.5 Å². The van der Waals surface area contributed by atoms with E-state index in [4.69, 9.17) is 4.74 Å². The Morgan fingerprint density at radius 3 is 2.20 bits per heavy atom. The highest BCUT2D eigenvalue weighted by Crippen LogP contribution is 2.19. The van der Waals surface area contributed by atoms with Crippen LogP contribution < -0.4 is 5.32 Å². The Hall–Kier alpha value is -3.15. The average molecular weight is 341 g/mol. The number of aromatic hydroxyl groups is 1. The van der Waals surface area contributed by atoms with Gasteiger partial charge in [-0.05, 0) is 55.8 Å². The van der Waals surface area contributed by atoms with Crippen LogP contribution in [-0.4, -0.2) is 28.9 Å². The molecule has 0 spiro atoms. The van der Waals surface area contributed by atoms with Gasteiger partial charge < -0.3 is 15.2 Å². The van der Waals surface area contributed by atoms with E-state index in [0.29, 0.717) is 16.8 Å². The summed E-state index contributed by atoms with van der Waals surface area (Å²) in [6, 6.07) is 10.7. The number of rotatable bonds is 5. The lowest BCUT2D eigenvalue weighted by Gasteiger charge is -2.13. The highest BCUT2D eigenvalue weighted by molar-refractivity contribution is 6.02. The molecule has 25 heavy (non-hydrogen) atoms. The second-order valence-corrected chi connectivity index (χ2v) is 5.67. The first kappa shape index (κ1) is 18.2. The number of ether oxygens (including phenoxy) is 1. The van der Waals surface area contributed by atoms with Gasteiger partial charge in [-0.2, -0.15) is 0 Å². The van der Waals surface area contributed by atoms with Gasteiger partial charge in [-0.3, -0.25) is 9.59 Å². The lowest BCUT2D eigenvalue weighted by atomic mass is 10.1. The van der Waals surface area contributed by atoms with Crippen LogP contribution >= 0.6 is 0 Å². The van der Waals surface area contributed by atoms with E-state index in [1.165, 1.54) is 26.0 Å². The molecule has 130 valence electrons. The molecule has 0 radical (unpaired) electrons. The zero-order valence-corrected chi connectivity index (χ0v) is 14.2. The van der Waals surface area contributed by atoms with Crippen LogP contribution in [0.1, 0.15) is 40.1 Å². The minimum atomic E-state index is -0.984. The van der Waals surface area contributed by atoms with E-state index < -0.39 is 12.1 Å². The second kappa shape index (κ2) is 7.61. The summed E-state index contributed by atoms with van der Waals surface area (Å²) in [5.41, 5.74) is 1.74. The van der Waals surface area contributed by atoms with Gasteiger partial charge in [-0.1, -0.05) is 6.07 Å². The maximum atomic E-state index is 12.4. The van der Waals surface area contributed by atoms with Crippen molar-refractivity contribution in [2.75, 3.05) is 5.32 Å². The molecule has 0 aliphatic carbocycles. The number of ketones is 1.